The Balaban J connectivity index is 1.90. The number of aryl methyl sites for hydroxylation is 1. The number of hydrogen-bond donors (Lipinski definition) is 0. The van der Waals surface area contributed by atoms with Gasteiger partial charge in [-0.05, 0) is 24.5 Å². The van der Waals surface area contributed by atoms with E-state index in [1.807, 2.05) is 24.3 Å². The van der Waals surface area contributed by atoms with E-state index in [1.54, 1.807) is 14.0 Å². The normalized spacial score (nSPS) is 19.1. The second-order valence-electron chi connectivity index (χ2n) is 4.90. The molecule has 1 aromatic rings. The average Bonchev–Trinajstić information content (AvgIpc) is 2.65. The minimum atomic E-state index is -0.154. The molecule has 0 N–H and O–H groups in total. The van der Waals surface area contributed by atoms with Crippen LogP contribution in [0.15, 0.2) is 24.3 Å². The zero-order chi connectivity index (χ0) is 13.8. The molecule has 4 nitrogen and oxygen atoms in total. The number of benzene rings is 1. The summed E-state index contributed by atoms with van der Waals surface area (Å²) in [6, 6.07) is 7.82. The molecule has 1 fully saturated rings. The van der Waals surface area contributed by atoms with Crippen LogP contribution in [-0.2, 0) is 16.0 Å². The van der Waals surface area contributed by atoms with Gasteiger partial charge in [-0.25, -0.2) is 0 Å². The minimum Gasteiger partial charge on any atom is -0.496 e. The van der Waals surface area contributed by atoms with Crippen molar-refractivity contribution in [2.45, 2.75) is 26.2 Å². The minimum absolute atomic E-state index is 0.0370. The predicted octanol–water partition coefficient (Wildman–Crippen LogP) is 2.02. The molecule has 2 rings (SSSR count). The van der Waals surface area contributed by atoms with Crippen LogP contribution in [0.3, 0.4) is 0 Å². The standard InChI is InChI=1S/C15H19NO3/c1-11-10-14(17)16(15(11)18)9-5-7-12-6-3-4-8-13(12)19-2/h3-4,6,8,11H,5,7,9-10H2,1-2H3/t11-/m0/s1. The molecule has 1 aliphatic rings. The molecule has 1 aromatic carbocycles. The molecule has 0 saturated carbocycles. The highest BCUT2D eigenvalue weighted by Crippen LogP contribution is 2.21. The maximum atomic E-state index is 11.8. The van der Waals surface area contributed by atoms with Crippen LogP contribution in [0.1, 0.15) is 25.3 Å². The van der Waals surface area contributed by atoms with Crippen molar-refractivity contribution in [1.82, 2.24) is 4.90 Å². The molecular weight excluding hydrogens is 242 g/mol. The van der Waals surface area contributed by atoms with Crippen molar-refractivity contribution in [3.8, 4) is 5.75 Å². The van der Waals surface area contributed by atoms with Crippen LogP contribution in [0.2, 0.25) is 0 Å². The lowest BCUT2D eigenvalue weighted by Crippen LogP contribution is -2.31. The van der Waals surface area contributed by atoms with Crippen LogP contribution >= 0.6 is 0 Å². The number of amides is 2. The molecule has 1 heterocycles. The van der Waals surface area contributed by atoms with Crippen molar-refractivity contribution in [2.24, 2.45) is 5.92 Å². The van der Waals surface area contributed by atoms with Crippen LogP contribution in [0.25, 0.3) is 0 Å². The fourth-order valence-electron chi connectivity index (χ4n) is 2.42. The van der Waals surface area contributed by atoms with Gasteiger partial charge in [-0.2, -0.15) is 0 Å². The summed E-state index contributed by atoms with van der Waals surface area (Å²) in [5.41, 5.74) is 1.11. The first-order chi connectivity index (χ1) is 9.13. The Morgan fingerprint density at radius 1 is 1.32 bits per heavy atom. The van der Waals surface area contributed by atoms with Gasteiger partial charge in [-0.3, -0.25) is 14.5 Å². The molecule has 1 saturated heterocycles. The van der Waals surface area contributed by atoms with Gasteiger partial charge in [-0.1, -0.05) is 25.1 Å². The van der Waals surface area contributed by atoms with E-state index in [9.17, 15) is 9.59 Å². The van der Waals surface area contributed by atoms with Crippen molar-refractivity contribution >= 4 is 11.8 Å². The third kappa shape index (κ3) is 2.95. The highest BCUT2D eigenvalue weighted by atomic mass is 16.5. The highest BCUT2D eigenvalue weighted by Gasteiger charge is 2.34. The van der Waals surface area contributed by atoms with Gasteiger partial charge < -0.3 is 4.74 Å². The van der Waals surface area contributed by atoms with Gasteiger partial charge in [0.15, 0.2) is 0 Å². The van der Waals surface area contributed by atoms with E-state index in [-0.39, 0.29) is 17.7 Å². The van der Waals surface area contributed by atoms with E-state index < -0.39 is 0 Å². The monoisotopic (exact) mass is 261 g/mol. The summed E-state index contributed by atoms with van der Waals surface area (Å²) in [5, 5.41) is 0. The zero-order valence-electron chi connectivity index (χ0n) is 11.4. The van der Waals surface area contributed by atoms with E-state index in [2.05, 4.69) is 0 Å². The number of para-hydroxylation sites is 1. The van der Waals surface area contributed by atoms with Crippen LogP contribution in [0, 0.1) is 5.92 Å². The number of imide groups is 1. The SMILES string of the molecule is COc1ccccc1CCCN1C(=O)C[C@H](C)C1=O. The molecular formula is C15H19NO3. The molecule has 1 aliphatic heterocycles. The molecule has 19 heavy (non-hydrogen) atoms. The maximum Gasteiger partial charge on any atom is 0.232 e. The summed E-state index contributed by atoms with van der Waals surface area (Å²) >= 11 is 0. The van der Waals surface area contributed by atoms with E-state index in [0.717, 1.165) is 24.2 Å². The quantitative estimate of drug-likeness (QED) is 0.762. The number of likely N-dealkylation sites (tertiary alicyclic amines) is 1. The van der Waals surface area contributed by atoms with Crippen LogP contribution in [-0.4, -0.2) is 30.4 Å². The zero-order valence-corrected chi connectivity index (χ0v) is 11.4. The van der Waals surface area contributed by atoms with Gasteiger partial charge in [0, 0.05) is 18.9 Å². The van der Waals surface area contributed by atoms with Gasteiger partial charge in [0.25, 0.3) is 0 Å². The van der Waals surface area contributed by atoms with Gasteiger partial charge >= 0.3 is 0 Å². The third-order valence-electron chi connectivity index (χ3n) is 3.49. The fraction of sp³-hybridized carbons (Fsp3) is 0.467. The molecule has 4 heteroatoms. The summed E-state index contributed by atoms with van der Waals surface area (Å²) in [6.45, 7) is 2.31. The fourth-order valence-corrected chi connectivity index (χ4v) is 2.42. The summed E-state index contributed by atoms with van der Waals surface area (Å²) in [7, 11) is 1.65. The van der Waals surface area contributed by atoms with E-state index in [1.165, 1.54) is 4.90 Å². The first-order valence-corrected chi connectivity index (χ1v) is 6.59. The molecule has 0 spiro atoms. The molecule has 0 bridgehead atoms. The van der Waals surface area contributed by atoms with Gasteiger partial charge in [-0.15, -0.1) is 0 Å². The summed E-state index contributed by atoms with van der Waals surface area (Å²) in [6.07, 6.45) is 1.92. The lowest BCUT2D eigenvalue weighted by Gasteiger charge is -2.14. The molecule has 2 amide bonds. The number of carbonyl (C=O) groups is 2. The van der Waals surface area contributed by atoms with Gasteiger partial charge in [0.2, 0.25) is 11.8 Å². The van der Waals surface area contributed by atoms with Crippen molar-refractivity contribution in [2.75, 3.05) is 13.7 Å². The number of hydrogen-bond acceptors (Lipinski definition) is 3. The summed E-state index contributed by atoms with van der Waals surface area (Å²) < 4.78 is 5.28. The smallest absolute Gasteiger partial charge is 0.232 e. The topological polar surface area (TPSA) is 46.6 Å². The van der Waals surface area contributed by atoms with Gasteiger partial charge in [0.1, 0.15) is 5.75 Å². The third-order valence-corrected chi connectivity index (χ3v) is 3.49. The number of ether oxygens (including phenoxy) is 1. The number of nitrogens with zero attached hydrogens (tertiary/aromatic N) is 1. The largest absolute Gasteiger partial charge is 0.496 e. The Labute approximate surface area is 113 Å². The Morgan fingerprint density at radius 3 is 2.68 bits per heavy atom. The number of rotatable bonds is 5. The second-order valence-corrected chi connectivity index (χ2v) is 4.90. The average molecular weight is 261 g/mol. The van der Waals surface area contributed by atoms with Crippen molar-refractivity contribution in [3.05, 3.63) is 29.8 Å². The maximum absolute atomic E-state index is 11.8. The lowest BCUT2D eigenvalue weighted by molar-refractivity contribution is -0.139. The Hall–Kier alpha value is -1.84. The van der Waals surface area contributed by atoms with E-state index in [0.29, 0.717) is 13.0 Å². The number of carbonyl (C=O) groups excluding carboxylic acids is 2. The first kappa shape index (κ1) is 13.6. The van der Waals surface area contributed by atoms with Crippen LogP contribution < -0.4 is 4.74 Å². The number of methoxy groups -OCH3 is 1. The first-order valence-electron chi connectivity index (χ1n) is 6.59. The molecule has 0 unspecified atom stereocenters. The van der Waals surface area contributed by atoms with Crippen molar-refractivity contribution in [1.29, 1.82) is 0 Å². The predicted molar refractivity (Wildman–Crippen MR) is 71.8 cm³/mol. The lowest BCUT2D eigenvalue weighted by atomic mass is 10.1. The summed E-state index contributed by atoms with van der Waals surface area (Å²) in [4.78, 5) is 24.8. The second kappa shape index (κ2) is 5.87. The van der Waals surface area contributed by atoms with Crippen LogP contribution in [0.5, 0.6) is 5.75 Å². The van der Waals surface area contributed by atoms with Crippen molar-refractivity contribution < 1.29 is 14.3 Å². The molecule has 0 aromatic heterocycles. The Kier molecular flexibility index (Phi) is 4.20. The summed E-state index contributed by atoms with van der Waals surface area (Å²) in [5.74, 6) is 0.622. The molecule has 1 atom stereocenters. The van der Waals surface area contributed by atoms with E-state index >= 15 is 0 Å². The molecule has 0 radical (unpaired) electrons. The molecule has 102 valence electrons. The van der Waals surface area contributed by atoms with Gasteiger partial charge in [0.05, 0.1) is 7.11 Å². The van der Waals surface area contributed by atoms with Crippen LogP contribution in [0.4, 0.5) is 0 Å². The Bertz CT molecular complexity index is 484. The van der Waals surface area contributed by atoms with E-state index in [4.69, 9.17) is 4.74 Å². The highest BCUT2D eigenvalue weighted by molar-refractivity contribution is 6.03. The van der Waals surface area contributed by atoms with Crippen molar-refractivity contribution in [3.63, 3.8) is 0 Å². The Morgan fingerprint density at radius 2 is 2.05 bits per heavy atom. The molecule has 0 aliphatic carbocycles.